The van der Waals surface area contributed by atoms with E-state index < -0.39 is 6.04 Å². The monoisotopic (exact) mass is 689 g/mol. The van der Waals surface area contributed by atoms with Gasteiger partial charge in [-0.25, -0.2) is 4.99 Å². The number of carbonyl (C=O) groups excluding carboxylic acids is 1. The highest BCUT2D eigenvalue weighted by molar-refractivity contribution is 7.07. The molecule has 1 aliphatic heterocycles. The van der Waals surface area contributed by atoms with Gasteiger partial charge >= 0.3 is 0 Å². The predicted octanol–water partition coefficient (Wildman–Crippen LogP) is 7.42. The van der Waals surface area contributed by atoms with Crippen LogP contribution in [-0.2, 0) is 11.4 Å². The van der Waals surface area contributed by atoms with E-state index in [4.69, 9.17) is 49.3 Å². The molecule has 7 nitrogen and oxygen atoms in total. The Morgan fingerprint density at radius 1 is 0.978 bits per heavy atom. The van der Waals surface area contributed by atoms with Crippen LogP contribution in [0.2, 0.25) is 15.1 Å². The first kappa shape index (κ1) is 31.6. The van der Waals surface area contributed by atoms with E-state index in [9.17, 15) is 9.59 Å². The van der Waals surface area contributed by atoms with Crippen molar-refractivity contribution in [2.24, 2.45) is 4.99 Å². The van der Waals surface area contributed by atoms with E-state index >= 15 is 0 Å². The number of carbonyl (C=O) groups is 1. The van der Waals surface area contributed by atoms with Gasteiger partial charge in [0.25, 0.3) is 11.5 Å². The predicted molar refractivity (Wildman–Crippen MR) is 184 cm³/mol. The van der Waals surface area contributed by atoms with Gasteiger partial charge in [0.15, 0.2) is 10.6 Å². The van der Waals surface area contributed by atoms with Crippen molar-refractivity contribution in [1.82, 2.24) is 4.57 Å². The molecule has 0 saturated heterocycles. The number of nitrogens with one attached hydrogen (secondary N) is 1. The van der Waals surface area contributed by atoms with Gasteiger partial charge in [0, 0.05) is 16.3 Å². The van der Waals surface area contributed by atoms with Crippen LogP contribution in [0.1, 0.15) is 29.7 Å². The first-order valence-electron chi connectivity index (χ1n) is 14.1. The fourth-order valence-electron chi connectivity index (χ4n) is 5.25. The molecule has 46 heavy (non-hydrogen) atoms. The van der Waals surface area contributed by atoms with Gasteiger partial charge in [0.1, 0.15) is 12.4 Å². The minimum absolute atomic E-state index is 0.0975. The van der Waals surface area contributed by atoms with E-state index in [1.165, 1.54) is 11.3 Å². The van der Waals surface area contributed by atoms with Gasteiger partial charge in [-0.05, 0) is 60.5 Å². The number of nitrogens with zero attached hydrogens (tertiary/aromatic N) is 2. The summed E-state index contributed by atoms with van der Waals surface area (Å²) >= 11 is 19.9. The highest BCUT2D eigenvalue weighted by Gasteiger charge is 2.32. The van der Waals surface area contributed by atoms with Crippen molar-refractivity contribution in [2.45, 2.75) is 19.6 Å². The summed E-state index contributed by atoms with van der Waals surface area (Å²) in [5, 5.41) is 3.94. The third-order valence-corrected chi connectivity index (χ3v) is 9.11. The summed E-state index contributed by atoms with van der Waals surface area (Å²) in [5.41, 5.74) is 3.58. The molecule has 2 heterocycles. The quantitative estimate of drug-likeness (QED) is 0.184. The number of amides is 1. The average Bonchev–Trinajstić information content (AvgIpc) is 3.34. The number of ether oxygens (including phenoxy) is 2. The Bertz CT molecular complexity index is 2140. The molecule has 0 bridgehead atoms. The normalized spacial score (nSPS) is 14.5. The molecule has 0 radical (unpaired) electrons. The second-order valence-corrected chi connectivity index (χ2v) is 12.6. The molecule has 1 unspecified atom stereocenters. The topological polar surface area (TPSA) is 81.9 Å². The van der Waals surface area contributed by atoms with Crippen LogP contribution in [0.15, 0.2) is 112 Å². The van der Waals surface area contributed by atoms with Crippen LogP contribution in [0, 0.1) is 0 Å². The molecule has 0 fully saturated rings. The number of methoxy groups -OCH3 is 1. The second kappa shape index (κ2) is 13.6. The molecule has 1 aliphatic rings. The molecule has 232 valence electrons. The van der Waals surface area contributed by atoms with Crippen LogP contribution in [0.25, 0.3) is 6.08 Å². The molecule has 5 aromatic rings. The van der Waals surface area contributed by atoms with Gasteiger partial charge in [0.2, 0.25) is 0 Å². The molecule has 0 spiro atoms. The molecule has 1 atom stereocenters. The molecule has 1 N–H and O–H groups in total. The van der Waals surface area contributed by atoms with E-state index in [0.29, 0.717) is 48.4 Å². The Morgan fingerprint density at radius 2 is 1.65 bits per heavy atom. The van der Waals surface area contributed by atoms with Gasteiger partial charge < -0.3 is 14.8 Å². The number of aromatic nitrogens is 1. The zero-order valence-electron chi connectivity index (χ0n) is 24.6. The second-order valence-electron chi connectivity index (χ2n) is 10.4. The largest absolute Gasteiger partial charge is 0.496 e. The van der Waals surface area contributed by atoms with Crippen LogP contribution in [-0.4, -0.2) is 17.6 Å². The lowest BCUT2D eigenvalue weighted by Gasteiger charge is -2.25. The van der Waals surface area contributed by atoms with Crippen molar-refractivity contribution in [3.05, 3.63) is 154 Å². The number of benzene rings is 4. The van der Waals surface area contributed by atoms with Crippen LogP contribution >= 0.6 is 46.1 Å². The number of anilines is 1. The van der Waals surface area contributed by atoms with E-state index in [2.05, 4.69) is 5.32 Å². The van der Waals surface area contributed by atoms with E-state index in [-0.39, 0.29) is 28.1 Å². The van der Waals surface area contributed by atoms with Crippen molar-refractivity contribution in [2.75, 3.05) is 12.4 Å². The van der Waals surface area contributed by atoms with E-state index in [1.54, 1.807) is 42.9 Å². The zero-order valence-corrected chi connectivity index (χ0v) is 27.7. The minimum Gasteiger partial charge on any atom is -0.496 e. The van der Waals surface area contributed by atoms with Crippen LogP contribution in [0.4, 0.5) is 5.69 Å². The molecule has 4 aromatic carbocycles. The summed E-state index contributed by atoms with van der Waals surface area (Å²) < 4.78 is 13.6. The molecular formula is C35H26Cl3N3O4S. The van der Waals surface area contributed by atoms with Crippen molar-refractivity contribution in [3.8, 4) is 11.5 Å². The lowest BCUT2D eigenvalue weighted by atomic mass is 9.95. The number of para-hydroxylation sites is 1. The Morgan fingerprint density at radius 3 is 2.33 bits per heavy atom. The van der Waals surface area contributed by atoms with Gasteiger partial charge in [-0.3, -0.25) is 14.2 Å². The number of hydrogen-bond donors (Lipinski definition) is 1. The number of hydrogen-bond acceptors (Lipinski definition) is 6. The minimum atomic E-state index is -0.669. The van der Waals surface area contributed by atoms with Crippen molar-refractivity contribution in [3.63, 3.8) is 0 Å². The Hall–Kier alpha value is -4.34. The van der Waals surface area contributed by atoms with Crippen LogP contribution in [0.5, 0.6) is 11.5 Å². The summed E-state index contributed by atoms with van der Waals surface area (Å²) in [6.45, 7) is 1.89. The lowest BCUT2D eigenvalue weighted by molar-refractivity contribution is -0.113. The fraction of sp³-hybridized carbons (Fsp3) is 0.114. The molecular weight excluding hydrogens is 665 g/mol. The van der Waals surface area contributed by atoms with Crippen molar-refractivity contribution < 1.29 is 14.3 Å². The summed E-state index contributed by atoms with van der Waals surface area (Å²) in [4.78, 5) is 33.0. The molecule has 6 rings (SSSR count). The maximum atomic E-state index is 14.1. The third kappa shape index (κ3) is 6.48. The molecule has 0 aliphatic carbocycles. The number of halogens is 3. The first-order valence-corrected chi connectivity index (χ1v) is 16.1. The Kier molecular flexibility index (Phi) is 9.33. The molecule has 11 heteroatoms. The van der Waals surface area contributed by atoms with E-state index in [1.807, 2.05) is 72.8 Å². The number of thiazole rings is 1. The van der Waals surface area contributed by atoms with Gasteiger partial charge in [-0.15, -0.1) is 0 Å². The Labute approximate surface area is 283 Å². The lowest BCUT2D eigenvalue weighted by Crippen LogP contribution is -2.40. The molecule has 0 saturated carbocycles. The zero-order chi connectivity index (χ0) is 32.4. The summed E-state index contributed by atoms with van der Waals surface area (Å²) in [6.07, 6.45) is 1.79. The Balaban J connectivity index is 1.39. The highest BCUT2D eigenvalue weighted by atomic mass is 35.5. The SMILES string of the molecule is COc1ccc(/C=c2\sc3n(c2=O)C(c2ccccc2)C(C(=O)Nc2ccccc2)=C(C)N=3)cc1COc1c(Cl)cc(Cl)cc1Cl. The van der Waals surface area contributed by atoms with Crippen molar-refractivity contribution >= 4 is 63.8 Å². The summed E-state index contributed by atoms with van der Waals surface area (Å²) in [5.74, 6) is 0.571. The van der Waals surface area contributed by atoms with Crippen LogP contribution in [0.3, 0.4) is 0 Å². The first-order chi connectivity index (χ1) is 22.2. The third-order valence-electron chi connectivity index (χ3n) is 7.35. The average molecular weight is 691 g/mol. The molecule has 1 aromatic heterocycles. The van der Waals surface area contributed by atoms with Gasteiger partial charge in [0.05, 0.1) is 39.0 Å². The maximum absolute atomic E-state index is 14.1. The highest BCUT2D eigenvalue weighted by Crippen LogP contribution is 2.37. The van der Waals surface area contributed by atoms with Crippen molar-refractivity contribution in [1.29, 1.82) is 0 Å². The summed E-state index contributed by atoms with van der Waals surface area (Å²) in [7, 11) is 1.57. The fourth-order valence-corrected chi connectivity index (χ4v) is 7.22. The standard InChI is InChI=1S/C35H26Cl3N3O4S/c1-20-30(33(42)40-25-11-7-4-8-12-25)31(22-9-5-3-6-10-22)41-34(43)29(46-35(41)39-20)16-21-13-14-28(44-2)23(15-21)19-45-32-26(37)17-24(36)18-27(32)38/h3-18,31H,19H2,1-2H3,(H,40,42)/b29-16-. The number of rotatable bonds is 8. The number of fused-ring (bicyclic) bond motifs is 1. The van der Waals surface area contributed by atoms with Crippen LogP contribution < -0.4 is 29.7 Å². The molecule has 1 amide bonds. The van der Waals surface area contributed by atoms with E-state index in [0.717, 1.165) is 11.1 Å². The van der Waals surface area contributed by atoms with Gasteiger partial charge in [-0.1, -0.05) is 101 Å². The maximum Gasteiger partial charge on any atom is 0.271 e. The number of allylic oxidation sites excluding steroid dienone is 1. The smallest absolute Gasteiger partial charge is 0.271 e. The van der Waals surface area contributed by atoms with Gasteiger partial charge in [-0.2, -0.15) is 0 Å². The summed E-state index contributed by atoms with van der Waals surface area (Å²) in [6, 6.07) is 26.6.